The molecule has 0 unspecified atom stereocenters. The lowest BCUT2D eigenvalue weighted by molar-refractivity contribution is -0.113. The first-order chi connectivity index (χ1) is 16.1. The Labute approximate surface area is 191 Å². The van der Waals surface area contributed by atoms with Gasteiger partial charge >= 0.3 is 0 Å². The number of benzene rings is 2. The maximum Gasteiger partial charge on any atom is 0.255 e. The zero-order valence-corrected chi connectivity index (χ0v) is 18.2. The molecule has 5 rings (SSSR count). The highest BCUT2D eigenvalue weighted by atomic mass is 16.5. The molecule has 2 N–H and O–H groups in total. The van der Waals surface area contributed by atoms with E-state index in [2.05, 4.69) is 15.6 Å². The number of methoxy groups -OCH3 is 1. The van der Waals surface area contributed by atoms with Gasteiger partial charge in [0.25, 0.3) is 5.91 Å². The number of allylic oxidation sites excluding steroid dienone is 1. The predicted molar refractivity (Wildman–Crippen MR) is 126 cm³/mol. The van der Waals surface area contributed by atoms with Gasteiger partial charge in [0.15, 0.2) is 5.82 Å². The summed E-state index contributed by atoms with van der Waals surface area (Å²) in [6, 6.07) is 20.5. The second-order valence-corrected chi connectivity index (χ2v) is 7.60. The average Bonchev–Trinajstić information content (AvgIpc) is 3.28. The van der Waals surface area contributed by atoms with Gasteiger partial charge in [-0.05, 0) is 48.9 Å². The van der Waals surface area contributed by atoms with Crippen molar-refractivity contribution in [1.29, 1.82) is 0 Å². The van der Waals surface area contributed by atoms with Crippen molar-refractivity contribution in [3.63, 3.8) is 0 Å². The minimum Gasteiger partial charge on any atom is -0.497 e. The van der Waals surface area contributed by atoms with E-state index >= 15 is 0 Å². The molecule has 8 nitrogen and oxygen atoms in total. The van der Waals surface area contributed by atoms with Crippen molar-refractivity contribution >= 4 is 17.5 Å². The highest BCUT2D eigenvalue weighted by Gasteiger charge is 2.34. The summed E-state index contributed by atoms with van der Waals surface area (Å²) in [5.74, 6) is 1.66. The number of aromatic nitrogens is 4. The molecule has 3 heterocycles. The fourth-order valence-electron chi connectivity index (χ4n) is 3.89. The van der Waals surface area contributed by atoms with Gasteiger partial charge in [0.1, 0.15) is 11.8 Å². The lowest BCUT2D eigenvalue weighted by atomic mass is 9.95. The largest absolute Gasteiger partial charge is 0.497 e. The van der Waals surface area contributed by atoms with E-state index < -0.39 is 6.04 Å². The van der Waals surface area contributed by atoms with Crippen LogP contribution in [-0.4, -0.2) is 32.8 Å². The van der Waals surface area contributed by atoms with Gasteiger partial charge in [0.2, 0.25) is 5.95 Å². The van der Waals surface area contributed by atoms with Crippen LogP contribution in [0.25, 0.3) is 11.4 Å². The molecule has 8 heteroatoms. The van der Waals surface area contributed by atoms with Crippen LogP contribution in [0.4, 0.5) is 11.6 Å². The fourth-order valence-corrected chi connectivity index (χ4v) is 3.89. The van der Waals surface area contributed by atoms with Crippen LogP contribution < -0.4 is 15.4 Å². The number of rotatable bonds is 5. The number of nitrogens with zero attached hydrogens (tertiary/aromatic N) is 4. The number of carbonyl (C=O) groups excluding carboxylic acids is 1. The minimum absolute atomic E-state index is 0.228. The molecule has 0 radical (unpaired) electrons. The lowest BCUT2D eigenvalue weighted by Crippen LogP contribution is -2.31. The van der Waals surface area contributed by atoms with Crippen LogP contribution in [0.15, 0.2) is 90.4 Å². The molecule has 0 aliphatic carbocycles. The average molecular weight is 438 g/mol. The molecule has 2 aromatic heterocycles. The van der Waals surface area contributed by atoms with Crippen molar-refractivity contribution in [2.24, 2.45) is 0 Å². The van der Waals surface area contributed by atoms with Crippen molar-refractivity contribution in [1.82, 2.24) is 19.7 Å². The Bertz CT molecular complexity index is 1310. The van der Waals surface area contributed by atoms with E-state index in [9.17, 15) is 4.79 Å². The second kappa shape index (κ2) is 8.58. The molecule has 33 heavy (non-hydrogen) atoms. The van der Waals surface area contributed by atoms with Gasteiger partial charge in [0.05, 0.1) is 24.6 Å². The van der Waals surface area contributed by atoms with Gasteiger partial charge in [0, 0.05) is 17.5 Å². The van der Waals surface area contributed by atoms with E-state index in [0.29, 0.717) is 28.7 Å². The molecule has 0 bridgehead atoms. The molecule has 0 saturated carbocycles. The SMILES string of the molecule is COc1ccc(-c2nc3n(n2)[C@@H](c2ccccc2)C(C(=O)Nc2cccnc2)=C(C)N3)cc1. The number of hydrogen-bond donors (Lipinski definition) is 2. The van der Waals surface area contributed by atoms with Crippen LogP contribution in [0.2, 0.25) is 0 Å². The number of anilines is 2. The van der Waals surface area contributed by atoms with Crippen molar-refractivity contribution in [2.75, 3.05) is 17.7 Å². The normalized spacial score (nSPS) is 14.9. The molecule has 2 aromatic carbocycles. The Kier molecular flexibility index (Phi) is 5.32. The van der Waals surface area contributed by atoms with Crippen LogP contribution in [0.1, 0.15) is 18.5 Å². The monoisotopic (exact) mass is 438 g/mol. The molecule has 1 aliphatic heterocycles. The summed E-state index contributed by atoms with van der Waals surface area (Å²) in [4.78, 5) is 22.2. The lowest BCUT2D eigenvalue weighted by Gasteiger charge is -2.28. The van der Waals surface area contributed by atoms with Gasteiger partial charge in [-0.15, -0.1) is 5.10 Å². The molecule has 164 valence electrons. The van der Waals surface area contributed by atoms with Crippen molar-refractivity contribution in [2.45, 2.75) is 13.0 Å². The van der Waals surface area contributed by atoms with E-state index in [1.165, 1.54) is 0 Å². The smallest absolute Gasteiger partial charge is 0.255 e. The summed E-state index contributed by atoms with van der Waals surface area (Å²) in [5.41, 5.74) is 3.68. The quantitative estimate of drug-likeness (QED) is 0.483. The summed E-state index contributed by atoms with van der Waals surface area (Å²) in [5, 5.41) is 11.0. The summed E-state index contributed by atoms with van der Waals surface area (Å²) >= 11 is 0. The molecule has 1 atom stereocenters. The van der Waals surface area contributed by atoms with Gasteiger partial charge in [-0.25, -0.2) is 4.68 Å². The first-order valence-corrected chi connectivity index (χ1v) is 10.5. The minimum atomic E-state index is -0.446. The topological polar surface area (TPSA) is 94.0 Å². The van der Waals surface area contributed by atoms with Gasteiger partial charge in [-0.2, -0.15) is 4.98 Å². The molecular weight excluding hydrogens is 416 g/mol. The Morgan fingerprint density at radius 2 is 1.85 bits per heavy atom. The molecule has 1 aliphatic rings. The van der Waals surface area contributed by atoms with E-state index in [1.807, 2.05) is 61.5 Å². The highest BCUT2D eigenvalue weighted by molar-refractivity contribution is 6.05. The number of hydrogen-bond acceptors (Lipinski definition) is 6. The van der Waals surface area contributed by atoms with Crippen molar-refractivity contribution < 1.29 is 9.53 Å². The molecule has 0 fully saturated rings. The standard InChI is InChI=1S/C25H22N6O2/c1-16-21(24(32)28-19-9-6-14-26-15-19)22(17-7-4-3-5-8-17)31-25(27-16)29-23(30-31)18-10-12-20(33-2)13-11-18/h3-15,22H,1-2H3,(H,28,32)(H,27,29,30)/t22-/m0/s1. The van der Waals surface area contributed by atoms with Gasteiger partial charge in [-0.1, -0.05) is 30.3 Å². The van der Waals surface area contributed by atoms with Crippen LogP contribution in [0.3, 0.4) is 0 Å². The summed E-state index contributed by atoms with van der Waals surface area (Å²) in [7, 11) is 1.63. The zero-order chi connectivity index (χ0) is 22.8. The van der Waals surface area contributed by atoms with Crippen LogP contribution in [-0.2, 0) is 4.79 Å². The Hall–Kier alpha value is -4.46. The third-order valence-electron chi connectivity index (χ3n) is 5.48. The number of pyridine rings is 1. The molecular formula is C25H22N6O2. The maximum absolute atomic E-state index is 13.4. The second-order valence-electron chi connectivity index (χ2n) is 7.60. The predicted octanol–water partition coefficient (Wildman–Crippen LogP) is 4.28. The number of nitrogens with one attached hydrogen (secondary N) is 2. The summed E-state index contributed by atoms with van der Waals surface area (Å²) < 4.78 is 7.01. The number of amides is 1. The number of fused-ring (bicyclic) bond motifs is 1. The van der Waals surface area contributed by atoms with E-state index in [-0.39, 0.29) is 5.91 Å². The number of carbonyl (C=O) groups is 1. The Morgan fingerprint density at radius 3 is 2.55 bits per heavy atom. The fraction of sp³-hybridized carbons (Fsp3) is 0.120. The van der Waals surface area contributed by atoms with Crippen molar-refractivity contribution in [3.8, 4) is 17.1 Å². The van der Waals surface area contributed by atoms with Crippen LogP contribution in [0, 0.1) is 0 Å². The molecule has 4 aromatic rings. The summed E-state index contributed by atoms with van der Waals surface area (Å²) in [6.45, 7) is 1.87. The zero-order valence-electron chi connectivity index (χ0n) is 18.2. The van der Waals surface area contributed by atoms with Crippen LogP contribution in [0.5, 0.6) is 5.75 Å². The molecule has 0 saturated heterocycles. The van der Waals surface area contributed by atoms with Crippen LogP contribution >= 0.6 is 0 Å². The first kappa shape index (κ1) is 20.4. The van der Waals surface area contributed by atoms with E-state index in [4.69, 9.17) is 14.8 Å². The summed E-state index contributed by atoms with van der Waals surface area (Å²) in [6.07, 6.45) is 3.28. The van der Waals surface area contributed by atoms with E-state index in [1.54, 1.807) is 36.3 Å². The molecule has 1 amide bonds. The van der Waals surface area contributed by atoms with E-state index in [0.717, 1.165) is 16.9 Å². The number of ether oxygens (including phenoxy) is 1. The van der Waals surface area contributed by atoms with Crippen molar-refractivity contribution in [3.05, 3.63) is 96.0 Å². The van der Waals surface area contributed by atoms with Gasteiger partial charge in [-0.3, -0.25) is 9.78 Å². The molecule has 0 spiro atoms. The Balaban J connectivity index is 1.57. The third kappa shape index (κ3) is 3.94. The van der Waals surface area contributed by atoms with Gasteiger partial charge < -0.3 is 15.4 Å². The maximum atomic E-state index is 13.4. The first-order valence-electron chi connectivity index (χ1n) is 10.5. The highest BCUT2D eigenvalue weighted by Crippen LogP contribution is 2.36. The third-order valence-corrected chi connectivity index (χ3v) is 5.48. The Morgan fingerprint density at radius 1 is 1.06 bits per heavy atom.